The van der Waals surface area contributed by atoms with Crippen molar-refractivity contribution >= 4 is 61.3 Å². The van der Waals surface area contributed by atoms with E-state index in [1.54, 1.807) is 6.08 Å². The van der Waals surface area contributed by atoms with E-state index in [2.05, 4.69) is 32.8 Å². The molecule has 1 N–H and O–H groups in total. The molecule has 3 aromatic carbocycles. The molecule has 0 bridgehead atoms. The topological polar surface area (TPSA) is 50.7 Å². The summed E-state index contributed by atoms with van der Waals surface area (Å²) in [6, 6.07) is 19.7. The second kappa shape index (κ2) is 8.68. The van der Waals surface area contributed by atoms with Crippen LogP contribution in [0.15, 0.2) is 87.7 Å². The molecule has 6 heteroatoms. The van der Waals surface area contributed by atoms with E-state index in [9.17, 15) is 4.79 Å². The van der Waals surface area contributed by atoms with Gasteiger partial charge in [0.05, 0.1) is 10.6 Å². The molecule has 29 heavy (non-hydrogen) atoms. The predicted molar refractivity (Wildman–Crippen MR) is 125 cm³/mol. The Hall–Kier alpha value is -2.83. The van der Waals surface area contributed by atoms with Crippen molar-refractivity contribution in [3.63, 3.8) is 0 Å². The molecule has 0 atom stereocenters. The van der Waals surface area contributed by atoms with Crippen molar-refractivity contribution in [3.8, 4) is 5.75 Å². The van der Waals surface area contributed by atoms with E-state index in [4.69, 9.17) is 4.74 Å². The van der Waals surface area contributed by atoms with Crippen molar-refractivity contribution in [2.75, 3.05) is 6.61 Å². The molecule has 1 aliphatic rings. The Morgan fingerprint density at radius 1 is 1.14 bits per heavy atom. The third-order valence-electron chi connectivity index (χ3n) is 4.25. The lowest BCUT2D eigenvalue weighted by Crippen LogP contribution is -2.19. The lowest BCUT2D eigenvalue weighted by Gasteiger charge is -2.08. The number of amidine groups is 1. The number of amides is 1. The largest absolute Gasteiger partial charge is 0.489 e. The Morgan fingerprint density at radius 2 is 1.97 bits per heavy atom. The van der Waals surface area contributed by atoms with Gasteiger partial charge in [-0.05, 0) is 47.5 Å². The van der Waals surface area contributed by atoms with Crippen molar-refractivity contribution < 1.29 is 9.53 Å². The first-order valence-corrected chi connectivity index (χ1v) is 10.6. The number of rotatable bonds is 5. The van der Waals surface area contributed by atoms with Gasteiger partial charge in [0.25, 0.3) is 5.91 Å². The number of halogens is 1. The van der Waals surface area contributed by atoms with Crippen LogP contribution in [-0.2, 0) is 4.79 Å². The molecule has 4 rings (SSSR count). The van der Waals surface area contributed by atoms with Gasteiger partial charge in [-0.1, -0.05) is 65.0 Å². The first-order valence-electron chi connectivity index (χ1n) is 8.94. The fourth-order valence-electron chi connectivity index (χ4n) is 2.95. The molecule has 1 fully saturated rings. The number of ether oxygens (including phenoxy) is 1. The van der Waals surface area contributed by atoms with Gasteiger partial charge in [0, 0.05) is 15.4 Å². The van der Waals surface area contributed by atoms with E-state index in [0.717, 1.165) is 26.5 Å². The van der Waals surface area contributed by atoms with Gasteiger partial charge in [-0.15, -0.1) is 0 Å². The number of carbonyl (C=O) groups excluding carboxylic acids is 1. The summed E-state index contributed by atoms with van der Waals surface area (Å²) in [7, 11) is 0. The van der Waals surface area contributed by atoms with E-state index in [1.165, 1.54) is 11.8 Å². The third-order valence-corrected chi connectivity index (χ3v) is 5.66. The van der Waals surface area contributed by atoms with Crippen LogP contribution in [0.1, 0.15) is 5.56 Å². The zero-order chi connectivity index (χ0) is 20.2. The molecule has 0 spiro atoms. The fraction of sp³-hybridized carbons (Fsp3) is 0.0435. The lowest BCUT2D eigenvalue weighted by molar-refractivity contribution is -0.115. The summed E-state index contributed by atoms with van der Waals surface area (Å²) >= 11 is 4.79. The van der Waals surface area contributed by atoms with Crippen molar-refractivity contribution in [2.24, 2.45) is 4.99 Å². The summed E-state index contributed by atoms with van der Waals surface area (Å²) in [6.45, 7) is 4.07. The zero-order valence-corrected chi connectivity index (χ0v) is 17.8. The number of fused-ring (bicyclic) bond motifs is 1. The van der Waals surface area contributed by atoms with Crippen molar-refractivity contribution in [3.05, 3.63) is 88.3 Å². The highest BCUT2D eigenvalue weighted by Gasteiger charge is 2.24. The number of nitrogens with zero attached hydrogens (tertiary/aromatic N) is 1. The molecule has 0 unspecified atom stereocenters. The number of nitrogens with one attached hydrogen (secondary N) is 1. The van der Waals surface area contributed by atoms with E-state index < -0.39 is 0 Å². The Bertz CT molecular complexity index is 1170. The van der Waals surface area contributed by atoms with Crippen LogP contribution in [0, 0.1) is 0 Å². The summed E-state index contributed by atoms with van der Waals surface area (Å²) in [5, 5.41) is 5.56. The predicted octanol–water partition coefficient (Wildman–Crippen LogP) is 6.06. The molecule has 0 aliphatic carbocycles. The molecular weight excluding hydrogens is 448 g/mol. The molecular formula is C23H17BrN2O2S. The summed E-state index contributed by atoms with van der Waals surface area (Å²) in [5.74, 6) is 0.511. The van der Waals surface area contributed by atoms with Gasteiger partial charge >= 0.3 is 0 Å². The van der Waals surface area contributed by atoms with Gasteiger partial charge in [-0.25, -0.2) is 4.99 Å². The maximum absolute atomic E-state index is 12.5. The minimum absolute atomic E-state index is 0.177. The molecule has 144 valence electrons. The monoisotopic (exact) mass is 464 g/mol. The Labute approximate surface area is 181 Å². The van der Waals surface area contributed by atoms with Crippen molar-refractivity contribution in [2.45, 2.75) is 0 Å². The number of hydrogen-bond acceptors (Lipinski definition) is 4. The number of aliphatic imine (C=N–C) groups is 1. The standard InChI is InChI=1S/C23H17BrN2O2S/c1-2-12-28-20-11-10-17(24)13-16(20)14-21-22(27)26-23(29-21)25-19-9-5-7-15-6-3-4-8-18(15)19/h2-11,13-14H,1,12H2,(H,25,26,27)/b21-14-. The fourth-order valence-corrected chi connectivity index (χ4v) is 4.15. The Kier molecular flexibility index (Phi) is 5.83. The van der Waals surface area contributed by atoms with E-state index in [1.807, 2.05) is 66.7 Å². The molecule has 0 radical (unpaired) electrons. The number of benzene rings is 3. The van der Waals surface area contributed by atoms with Crippen LogP contribution < -0.4 is 10.1 Å². The minimum Gasteiger partial charge on any atom is -0.489 e. The number of carbonyl (C=O) groups is 1. The summed E-state index contributed by atoms with van der Waals surface area (Å²) < 4.78 is 6.61. The second-order valence-electron chi connectivity index (χ2n) is 6.26. The molecule has 1 amide bonds. The van der Waals surface area contributed by atoms with Crippen molar-refractivity contribution in [1.29, 1.82) is 0 Å². The third kappa shape index (κ3) is 4.44. The van der Waals surface area contributed by atoms with Gasteiger partial charge in [-0.2, -0.15) is 0 Å². The summed E-state index contributed by atoms with van der Waals surface area (Å²) in [5.41, 5.74) is 1.63. The van der Waals surface area contributed by atoms with Crippen molar-refractivity contribution in [1.82, 2.24) is 5.32 Å². The molecule has 4 nitrogen and oxygen atoms in total. The Balaban J connectivity index is 1.65. The van der Waals surface area contributed by atoms with Gasteiger partial charge in [0.2, 0.25) is 0 Å². The van der Waals surface area contributed by atoms with Crippen LogP contribution in [0.3, 0.4) is 0 Å². The van der Waals surface area contributed by atoms with Gasteiger partial charge in [0.1, 0.15) is 12.4 Å². The van der Waals surface area contributed by atoms with Crippen LogP contribution in [0.2, 0.25) is 0 Å². The van der Waals surface area contributed by atoms with Gasteiger partial charge in [0.15, 0.2) is 5.17 Å². The van der Waals surface area contributed by atoms with Crippen LogP contribution in [0.5, 0.6) is 5.75 Å². The maximum atomic E-state index is 12.5. The molecule has 0 aromatic heterocycles. The smallest absolute Gasteiger partial charge is 0.264 e. The highest BCUT2D eigenvalue weighted by Crippen LogP contribution is 2.33. The highest BCUT2D eigenvalue weighted by atomic mass is 79.9. The van der Waals surface area contributed by atoms with Crippen LogP contribution >= 0.6 is 27.7 Å². The molecule has 1 aliphatic heterocycles. The Morgan fingerprint density at radius 3 is 2.83 bits per heavy atom. The van der Waals surface area contributed by atoms with Crippen LogP contribution in [0.4, 0.5) is 5.69 Å². The summed E-state index contributed by atoms with van der Waals surface area (Å²) in [4.78, 5) is 17.7. The first kappa shape index (κ1) is 19.5. The van der Waals surface area contributed by atoms with E-state index >= 15 is 0 Å². The normalized spacial score (nSPS) is 16.4. The maximum Gasteiger partial charge on any atom is 0.264 e. The number of hydrogen-bond donors (Lipinski definition) is 1. The van der Waals surface area contributed by atoms with E-state index in [0.29, 0.717) is 22.4 Å². The molecule has 1 saturated heterocycles. The van der Waals surface area contributed by atoms with Crippen LogP contribution in [-0.4, -0.2) is 17.7 Å². The summed E-state index contributed by atoms with van der Waals surface area (Å²) in [6.07, 6.45) is 3.50. The highest BCUT2D eigenvalue weighted by molar-refractivity contribution is 9.10. The lowest BCUT2D eigenvalue weighted by atomic mass is 10.1. The SMILES string of the molecule is C=CCOc1ccc(Br)cc1/C=C1\SC(=Nc2cccc3ccccc23)NC1=O. The number of thioether (sulfide) groups is 1. The second-order valence-corrected chi connectivity index (χ2v) is 8.21. The average Bonchev–Trinajstić information content (AvgIpc) is 3.06. The average molecular weight is 465 g/mol. The first-order chi connectivity index (χ1) is 14.1. The quantitative estimate of drug-likeness (QED) is 0.368. The van der Waals surface area contributed by atoms with Gasteiger partial charge in [-0.3, -0.25) is 4.79 Å². The van der Waals surface area contributed by atoms with E-state index in [-0.39, 0.29) is 5.91 Å². The minimum atomic E-state index is -0.177. The molecule has 1 heterocycles. The zero-order valence-electron chi connectivity index (χ0n) is 15.4. The van der Waals surface area contributed by atoms with Crippen LogP contribution in [0.25, 0.3) is 16.8 Å². The molecule has 0 saturated carbocycles. The van der Waals surface area contributed by atoms with Gasteiger partial charge < -0.3 is 10.1 Å². The molecule has 3 aromatic rings.